The number of nitrogens with one attached hydrogen (secondary N) is 2. The van der Waals surface area contributed by atoms with Crippen LogP contribution in [0.2, 0.25) is 0 Å². The monoisotopic (exact) mass is 321 g/mol. The average Bonchev–Trinajstić information content (AvgIpc) is 2.93. The molecule has 5 heteroatoms. The molecule has 0 aliphatic rings. The molecule has 5 nitrogen and oxygen atoms in total. The van der Waals surface area contributed by atoms with Crippen LogP contribution in [0.15, 0.2) is 59.1 Å². The number of benzene rings is 2. The Morgan fingerprint density at radius 2 is 1.67 bits per heavy atom. The number of carbonyl (C=O) groups is 1. The molecule has 0 radical (unpaired) electrons. The fourth-order valence-electron chi connectivity index (χ4n) is 2.47. The van der Waals surface area contributed by atoms with Crippen LogP contribution in [-0.4, -0.2) is 11.1 Å². The summed E-state index contributed by atoms with van der Waals surface area (Å²) >= 11 is 0. The standard InChI is InChI=1S/C19H19N3O2/c1-13-16(14(2)24-22-13)12-20-17-10-6-7-11-18(17)21-19(23)15-8-4-3-5-9-15/h3-11,20H,12H2,1-2H3,(H,21,23). The van der Waals surface area contributed by atoms with Gasteiger partial charge in [0.2, 0.25) is 0 Å². The van der Waals surface area contributed by atoms with Crippen LogP contribution in [-0.2, 0) is 6.54 Å². The Morgan fingerprint density at radius 1 is 1.00 bits per heavy atom. The van der Waals surface area contributed by atoms with Gasteiger partial charge in [-0.2, -0.15) is 0 Å². The van der Waals surface area contributed by atoms with Crippen LogP contribution in [0.5, 0.6) is 0 Å². The average molecular weight is 321 g/mol. The number of nitrogens with zero attached hydrogens (tertiary/aromatic N) is 1. The molecule has 0 unspecified atom stereocenters. The van der Waals surface area contributed by atoms with Gasteiger partial charge in [-0.05, 0) is 38.1 Å². The highest BCUT2D eigenvalue weighted by Gasteiger charge is 2.11. The van der Waals surface area contributed by atoms with Gasteiger partial charge in [0.1, 0.15) is 5.76 Å². The third-order valence-corrected chi connectivity index (χ3v) is 3.85. The lowest BCUT2D eigenvalue weighted by atomic mass is 10.2. The number of aryl methyl sites for hydroxylation is 2. The van der Waals surface area contributed by atoms with E-state index in [1.54, 1.807) is 12.1 Å². The van der Waals surface area contributed by atoms with Gasteiger partial charge >= 0.3 is 0 Å². The molecular weight excluding hydrogens is 302 g/mol. The second-order valence-electron chi connectivity index (χ2n) is 5.52. The van der Waals surface area contributed by atoms with E-state index in [9.17, 15) is 4.79 Å². The van der Waals surface area contributed by atoms with Gasteiger partial charge in [-0.1, -0.05) is 35.5 Å². The summed E-state index contributed by atoms with van der Waals surface area (Å²) in [6.45, 7) is 4.39. The number of amides is 1. The van der Waals surface area contributed by atoms with Crippen LogP contribution in [0.25, 0.3) is 0 Å². The lowest BCUT2D eigenvalue weighted by Gasteiger charge is -2.13. The van der Waals surface area contributed by atoms with Crippen LogP contribution >= 0.6 is 0 Å². The van der Waals surface area contributed by atoms with Crippen molar-refractivity contribution in [2.24, 2.45) is 0 Å². The molecule has 1 aromatic heterocycles. The fraction of sp³-hybridized carbons (Fsp3) is 0.158. The maximum absolute atomic E-state index is 12.3. The van der Waals surface area contributed by atoms with E-state index in [1.807, 2.05) is 56.3 Å². The quantitative estimate of drug-likeness (QED) is 0.740. The van der Waals surface area contributed by atoms with Crippen LogP contribution in [0.1, 0.15) is 27.4 Å². The van der Waals surface area contributed by atoms with Crippen molar-refractivity contribution in [2.45, 2.75) is 20.4 Å². The molecule has 0 aliphatic carbocycles. The zero-order chi connectivity index (χ0) is 16.9. The summed E-state index contributed by atoms with van der Waals surface area (Å²) in [7, 11) is 0. The zero-order valence-electron chi connectivity index (χ0n) is 13.7. The molecule has 1 amide bonds. The maximum atomic E-state index is 12.3. The highest BCUT2D eigenvalue weighted by atomic mass is 16.5. The minimum atomic E-state index is -0.137. The Hall–Kier alpha value is -3.08. The lowest BCUT2D eigenvalue weighted by Crippen LogP contribution is -2.13. The molecule has 122 valence electrons. The first-order chi connectivity index (χ1) is 11.6. The summed E-state index contributed by atoms with van der Waals surface area (Å²) in [5, 5.41) is 10.2. The first-order valence-corrected chi connectivity index (χ1v) is 7.76. The normalized spacial score (nSPS) is 10.4. The van der Waals surface area contributed by atoms with Crippen molar-refractivity contribution in [3.05, 3.63) is 77.2 Å². The summed E-state index contributed by atoms with van der Waals surface area (Å²) in [5.74, 6) is 0.660. The molecule has 3 rings (SSSR count). The second-order valence-corrected chi connectivity index (χ2v) is 5.52. The largest absolute Gasteiger partial charge is 0.379 e. The highest BCUT2D eigenvalue weighted by molar-refractivity contribution is 6.05. The van der Waals surface area contributed by atoms with Crippen molar-refractivity contribution >= 4 is 17.3 Å². The Labute approximate surface area is 140 Å². The van der Waals surface area contributed by atoms with Gasteiger partial charge in [-0.25, -0.2) is 0 Å². The van der Waals surface area contributed by atoms with Gasteiger partial charge < -0.3 is 15.2 Å². The molecule has 2 N–H and O–H groups in total. The van der Waals surface area contributed by atoms with E-state index in [0.717, 1.165) is 28.4 Å². The van der Waals surface area contributed by atoms with Crippen molar-refractivity contribution < 1.29 is 9.32 Å². The van der Waals surface area contributed by atoms with E-state index in [-0.39, 0.29) is 5.91 Å². The molecular formula is C19H19N3O2. The number of hydrogen-bond donors (Lipinski definition) is 2. The minimum Gasteiger partial charge on any atom is -0.379 e. The molecule has 1 heterocycles. The van der Waals surface area contributed by atoms with Crippen LogP contribution in [0.3, 0.4) is 0 Å². The molecule has 2 aromatic carbocycles. The van der Waals surface area contributed by atoms with E-state index < -0.39 is 0 Å². The molecule has 24 heavy (non-hydrogen) atoms. The van der Waals surface area contributed by atoms with Gasteiger partial charge in [-0.15, -0.1) is 0 Å². The van der Waals surface area contributed by atoms with Gasteiger partial charge in [0, 0.05) is 17.7 Å². The molecule has 0 spiro atoms. The van der Waals surface area contributed by atoms with Gasteiger partial charge in [0.25, 0.3) is 5.91 Å². The van der Waals surface area contributed by atoms with Crippen LogP contribution in [0, 0.1) is 13.8 Å². The lowest BCUT2D eigenvalue weighted by molar-refractivity contribution is 0.102. The maximum Gasteiger partial charge on any atom is 0.255 e. The smallest absolute Gasteiger partial charge is 0.255 e. The molecule has 0 aliphatic heterocycles. The number of rotatable bonds is 5. The highest BCUT2D eigenvalue weighted by Crippen LogP contribution is 2.23. The predicted octanol–water partition coefficient (Wildman–Crippen LogP) is 4.16. The molecule has 0 fully saturated rings. The second kappa shape index (κ2) is 7.00. The summed E-state index contributed by atoms with van der Waals surface area (Å²) < 4.78 is 5.18. The first kappa shape index (κ1) is 15.8. The van der Waals surface area contributed by atoms with Crippen molar-refractivity contribution in [1.29, 1.82) is 0 Å². The van der Waals surface area contributed by atoms with Gasteiger partial charge in [0.15, 0.2) is 0 Å². The predicted molar refractivity (Wildman–Crippen MR) is 94.1 cm³/mol. The van der Waals surface area contributed by atoms with E-state index in [4.69, 9.17) is 4.52 Å². The number of anilines is 2. The van der Waals surface area contributed by atoms with Crippen molar-refractivity contribution in [3.8, 4) is 0 Å². The molecule has 0 saturated carbocycles. The zero-order valence-corrected chi connectivity index (χ0v) is 13.7. The summed E-state index contributed by atoms with van der Waals surface area (Å²) in [6, 6.07) is 16.8. The van der Waals surface area contributed by atoms with Crippen molar-refractivity contribution in [3.63, 3.8) is 0 Å². The van der Waals surface area contributed by atoms with Gasteiger partial charge in [-0.3, -0.25) is 4.79 Å². The van der Waals surface area contributed by atoms with Crippen LogP contribution < -0.4 is 10.6 Å². The fourth-order valence-corrected chi connectivity index (χ4v) is 2.47. The summed E-state index contributed by atoms with van der Waals surface area (Å²) in [6.07, 6.45) is 0. The summed E-state index contributed by atoms with van der Waals surface area (Å²) in [4.78, 5) is 12.3. The van der Waals surface area contributed by atoms with E-state index in [1.165, 1.54) is 0 Å². The first-order valence-electron chi connectivity index (χ1n) is 7.76. The Morgan fingerprint density at radius 3 is 2.33 bits per heavy atom. The molecule has 3 aromatic rings. The number of carbonyl (C=O) groups excluding carboxylic acids is 1. The topological polar surface area (TPSA) is 67.2 Å². The number of hydrogen-bond acceptors (Lipinski definition) is 4. The van der Waals surface area contributed by atoms with E-state index >= 15 is 0 Å². The summed E-state index contributed by atoms with van der Waals surface area (Å²) in [5.41, 5.74) is 4.10. The molecule has 0 atom stereocenters. The molecule has 0 bridgehead atoms. The van der Waals surface area contributed by atoms with E-state index in [2.05, 4.69) is 15.8 Å². The van der Waals surface area contributed by atoms with Crippen molar-refractivity contribution in [1.82, 2.24) is 5.16 Å². The van der Waals surface area contributed by atoms with Crippen LogP contribution in [0.4, 0.5) is 11.4 Å². The SMILES string of the molecule is Cc1noc(C)c1CNc1ccccc1NC(=O)c1ccccc1. The minimum absolute atomic E-state index is 0.137. The Bertz CT molecular complexity index is 821. The van der Waals surface area contributed by atoms with E-state index in [0.29, 0.717) is 12.1 Å². The Kier molecular flexibility index (Phi) is 4.61. The third-order valence-electron chi connectivity index (χ3n) is 3.85. The van der Waals surface area contributed by atoms with Gasteiger partial charge in [0.05, 0.1) is 17.1 Å². The third kappa shape index (κ3) is 3.46. The molecule has 0 saturated heterocycles. The number of aromatic nitrogens is 1. The Balaban J connectivity index is 1.75. The number of para-hydroxylation sites is 2. The van der Waals surface area contributed by atoms with Crippen molar-refractivity contribution in [2.75, 3.05) is 10.6 Å².